The minimum Gasteiger partial charge on any atom is -0.494 e. The van der Waals surface area contributed by atoms with Crippen molar-refractivity contribution in [3.8, 4) is 5.88 Å². The van der Waals surface area contributed by atoms with Gasteiger partial charge in [-0.2, -0.15) is 0 Å². The highest BCUT2D eigenvalue weighted by atomic mass is 35.5. The molecule has 0 aliphatic rings. The van der Waals surface area contributed by atoms with Crippen molar-refractivity contribution in [2.24, 2.45) is 0 Å². The molecule has 0 bridgehead atoms. The molecule has 0 amide bonds. The number of rotatable bonds is 4. The summed E-state index contributed by atoms with van der Waals surface area (Å²) in [4.78, 5) is 26.4. The predicted molar refractivity (Wildman–Crippen MR) is 92.8 cm³/mol. The molecule has 0 saturated carbocycles. The number of H-pyrrole nitrogens is 1. The van der Waals surface area contributed by atoms with Crippen molar-refractivity contribution in [3.05, 3.63) is 97.1 Å². The maximum atomic E-state index is 12.1. The smallest absolute Gasteiger partial charge is 0.331 e. The zero-order chi connectivity index (χ0) is 17.1. The number of aromatic amines is 1. The van der Waals surface area contributed by atoms with E-state index in [4.69, 9.17) is 11.6 Å². The highest BCUT2D eigenvalue weighted by molar-refractivity contribution is 6.30. The SMILES string of the molecule is O=c1[nH]c(=O)n(Cc2ccccc2)c(O)c1Cc1cccc(Cl)c1. The highest BCUT2D eigenvalue weighted by Crippen LogP contribution is 2.18. The van der Waals surface area contributed by atoms with Gasteiger partial charge in [0, 0.05) is 11.4 Å². The molecule has 1 heterocycles. The third-order valence-corrected chi connectivity index (χ3v) is 3.95. The lowest BCUT2D eigenvalue weighted by atomic mass is 10.1. The fourth-order valence-electron chi connectivity index (χ4n) is 2.52. The van der Waals surface area contributed by atoms with Gasteiger partial charge in [-0.15, -0.1) is 0 Å². The Morgan fingerprint density at radius 2 is 1.71 bits per heavy atom. The quantitative estimate of drug-likeness (QED) is 0.765. The molecular weight excluding hydrogens is 328 g/mol. The minimum absolute atomic E-state index is 0.132. The summed E-state index contributed by atoms with van der Waals surface area (Å²) in [5.74, 6) is -0.326. The summed E-state index contributed by atoms with van der Waals surface area (Å²) in [6.45, 7) is 0.171. The molecule has 24 heavy (non-hydrogen) atoms. The van der Waals surface area contributed by atoms with E-state index >= 15 is 0 Å². The largest absolute Gasteiger partial charge is 0.494 e. The normalized spacial score (nSPS) is 10.7. The van der Waals surface area contributed by atoms with E-state index in [1.165, 1.54) is 0 Å². The maximum Gasteiger partial charge on any atom is 0.331 e. The molecule has 2 N–H and O–H groups in total. The molecule has 3 rings (SSSR count). The van der Waals surface area contributed by atoms with E-state index in [1.54, 1.807) is 24.3 Å². The Kier molecular flexibility index (Phi) is 4.53. The first-order valence-electron chi connectivity index (χ1n) is 7.38. The van der Waals surface area contributed by atoms with Gasteiger partial charge >= 0.3 is 5.69 Å². The van der Waals surface area contributed by atoms with Crippen LogP contribution in [0.1, 0.15) is 16.7 Å². The average Bonchev–Trinajstić information content (AvgIpc) is 2.56. The molecule has 5 nitrogen and oxygen atoms in total. The number of nitrogens with zero attached hydrogens (tertiary/aromatic N) is 1. The van der Waals surface area contributed by atoms with Crippen molar-refractivity contribution in [2.75, 3.05) is 0 Å². The van der Waals surface area contributed by atoms with E-state index in [0.717, 1.165) is 15.7 Å². The van der Waals surface area contributed by atoms with Gasteiger partial charge in [0.25, 0.3) is 5.56 Å². The molecular formula is C18H15ClN2O3. The van der Waals surface area contributed by atoms with Crippen molar-refractivity contribution >= 4 is 11.6 Å². The maximum absolute atomic E-state index is 12.1. The van der Waals surface area contributed by atoms with Gasteiger partial charge in [-0.3, -0.25) is 14.3 Å². The van der Waals surface area contributed by atoms with Crippen molar-refractivity contribution in [2.45, 2.75) is 13.0 Å². The number of hydrogen-bond acceptors (Lipinski definition) is 3. The van der Waals surface area contributed by atoms with Crippen LogP contribution >= 0.6 is 11.6 Å². The van der Waals surface area contributed by atoms with Gasteiger partial charge < -0.3 is 5.11 Å². The van der Waals surface area contributed by atoms with Crippen LogP contribution in [0.25, 0.3) is 0 Å². The Morgan fingerprint density at radius 1 is 1.00 bits per heavy atom. The Morgan fingerprint density at radius 3 is 2.42 bits per heavy atom. The van der Waals surface area contributed by atoms with Crippen molar-refractivity contribution < 1.29 is 5.11 Å². The van der Waals surface area contributed by atoms with Gasteiger partial charge in [0.05, 0.1) is 12.1 Å². The number of benzene rings is 2. The summed E-state index contributed by atoms with van der Waals surface area (Å²) in [6.07, 6.45) is 0.177. The summed E-state index contributed by atoms with van der Waals surface area (Å²) in [5, 5.41) is 11.0. The second-order valence-corrected chi connectivity index (χ2v) is 5.88. The summed E-state index contributed by atoms with van der Waals surface area (Å²) < 4.78 is 1.15. The zero-order valence-corrected chi connectivity index (χ0v) is 13.5. The van der Waals surface area contributed by atoms with Gasteiger partial charge in [0.2, 0.25) is 5.88 Å². The number of nitrogens with one attached hydrogen (secondary N) is 1. The Balaban J connectivity index is 2.03. The first-order valence-corrected chi connectivity index (χ1v) is 7.75. The molecule has 122 valence electrons. The molecule has 0 aliphatic heterocycles. The zero-order valence-electron chi connectivity index (χ0n) is 12.7. The van der Waals surface area contributed by atoms with E-state index in [1.807, 2.05) is 30.3 Å². The van der Waals surface area contributed by atoms with E-state index < -0.39 is 11.2 Å². The van der Waals surface area contributed by atoms with Crippen LogP contribution in [0.15, 0.2) is 64.2 Å². The number of halogens is 1. The molecule has 0 fully saturated rings. The second kappa shape index (κ2) is 6.76. The van der Waals surface area contributed by atoms with E-state index in [-0.39, 0.29) is 24.4 Å². The van der Waals surface area contributed by atoms with Crippen LogP contribution in [-0.2, 0) is 13.0 Å². The molecule has 2 aromatic carbocycles. The average molecular weight is 343 g/mol. The van der Waals surface area contributed by atoms with Crippen LogP contribution in [0, 0.1) is 0 Å². The molecule has 0 unspecified atom stereocenters. The predicted octanol–water partition coefficient (Wildman–Crippen LogP) is 2.53. The Labute approximate surface area is 142 Å². The third-order valence-electron chi connectivity index (χ3n) is 3.72. The van der Waals surface area contributed by atoms with E-state index in [9.17, 15) is 14.7 Å². The molecule has 3 aromatic rings. The van der Waals surface area contributed by atoms with Crippen molar-refractivity contribution in [3.63, 3.8) is 0 Å². The van der Waals surface area contributed by atoms with Crippen LogP contribution in [-0.4, -0.2) is 14.7 Å². The highest BCUT2D eigenvalue weighted by Gasteiger charge is 2.15. The van der Waals surface area contributed by atoms with E-state index in [0.29, 0.717) is 5.02 Å². The number of hydrogen-bond donors (Lipinski definition) is 2. The lowest BCUT2D eigenvalue weighted by molar-refractivity contribution is 0.402. The van der Waals surface area contributed by atoms with Gasteiger partial charge in [-0.25, -0.2) is 4.79 Å². The topological polar surface area (TPSA) is 75.1 Å². The van der Waals surface area contributed by atoms with Gasteiger partial charge in [-0.05, 0) is 23.3 Å². The molecule has 0 aliphatic carbocycles. The van der Waals surface area contributed by atoms with E-state index in [2.05, 4.69) is 4.98 Å². The molecule has 6 heteroatoms. The fourth-order valence-corrected chi connectivity index (χ4v) is 2.74. The van der Waals surface area contributed by atoms with Gasteiger partial charge in [-0.1, -0.05) is 54.1 Å². The van der Waals surface area contributed by atoms with Crippen molar-refractivity contribution in [1.29, 1.82) is 0 Å². The molecule has 0 spiro atoms. The Bertz CT molecular complexity index is 978. The van der Waals surface area contributed by atoms with Crippen LogP contribution in [0.2, 0.25) is 5.02 Å². The van der Waals surface area contributed by atoms with Gasteiger partial charge in [0.15, 0.2) is 0 Å². The monoisotopic (exact) mass is 342 g/mol. The lowest BCUT2D eigenvalue weighted by Crippen LogP contribution is -2.32. The van der Waals surface area contributed by atoms with Crippen LogP contribution in [0.4, 0.5) is 0 Å². The number of aromatic nitrogens is 2. The second-order valence-electron chi connectivity index (χ2n) is 5.44. The summed E-state index contributed by atoms with van der Waals surface area (Å²) in [5.41, 5.74) is 0.509. The summed E-state index contributed by atoms with van der Waals surface area (Å²) in [6, 6.07) is 16.2. The van der Waals surface area contributed by atoms with Crippen LogP contribution < -0.4 is 11.2 Å². The lowest BCUT2D eigenvalue weighted by Gasteiger charge is -2.11. The first-order chi connectivity index (χ1) is 11.5. The van der Waals surface area contributed by atoms with Crippen LogP contribution in [0.5, 0.6) is 5.88 Å². The molecule has 0 saturated heterocycles. The Hall–Kier alpha value is -2.79. The minimum atomic E-state index is -0.642. The summed E-state index contributed by atoms with van der Waals surface area (Å²) in [7, 11) is 0. The summed E-state index contributed by atoms with van der Waals surface area (Å²) >= 11 is 5.95. The number of aromatic hydroxyl groups is 1. The standard InChI is InChI=1S/C18H15ClN2O3/c19-14-8-4-7-13(9-14)10-15-16(22)20-18(24)21(17(15)23)11-12-5-2-1-3-6-12/h1-9,23H,10-11H2,(H,20,22,24). The third kappa shape index (κ3) is 3.41. The van der Waals surface area contributed by atoms with Gasteiger partial charge in [0.1, 0.15) is 0 Å². The van der Waals surface area contributed by atoms with Crippen LogP contribution in [0.3, 0.4) is 0 Å². The molecule has 1 aromatic heterocycles. The molecule has 0 radical (unpaired) electrons. The first kappa shape index (κ1) is 16.1. The molecule has 0 atom stereocenters. The fraction of sp³-hybridized carbons (Fsp3) is 0.111. The van der Waals surface area contributed by atoms with Crippen molar-refractivity contribution in [1.82, 2.24) is 9.55 Å².